The Morgan fingerprint density at radius 1 is 1.11 bits per heavy atom. The van der Waals surface area contributed by atoms with Crippen molar-refractivity contribution in [3.8, 4) is 0 Å². The van der Waals surface area contributed by atoms with Crippen LogP contribution in [0.3, 0.4) is 0 Å². The molecule has 19 heavy (non-hydrogen) atoms. The Balaban J connectivity index is 2.33. The van der Waals surface area contributed by atoms with Crippen LogP contribution in [0.5, 0.6) is 0 Å². The number of sulfone groups is 1. The van der Waals surface area contributed by atoms with Crippen molar-refractivity contribution in [3.63, 3.8) is 0 Å². The van der Waals surface area contributed by atoms with Crippen molar-refractivity contribution in [1.82, 2.24) is 9.97 Å². The van der Waals surface area contributed by atoms with Crippen LogP contribution in [0.15, 0.2) is 35.2 Å². The topological polar surface area (TPSA) is 72.0 Å². The summed E-state index contributed by atoms with van der Waals surface area (Å²) < 4.78 is 23.0. The van der Waals surface area contributed by atoms with Gasteiger partial charge in [-0.25, -0.2) is 18.4 Å². The molecule has 1 N–H and O–H groups in total. The van der Waals surface area contributed by atoms with E-state index in [0.717, 1.165) is 5.69 Å². The van der Waals surface area contributed by atoms with E-state index in [4.69, 9.17) is 0 Å². The molecular weight excluding hydrogens is 262 g/mol. The molecule has 0 bridgehead atoms. The first kappa shape index (κ1) is 13.5. The predicted molar refractivity (Wildman–Crippen MR) is 74.3 cm³/mol. The quantitative estimate of drug-likeness (QED) is 0.931. The number of nitrogens with zero attached hydrogens (tertiary/aromatic N) is 2. The largest absolute Gasteiger partial charge is 0.340 e. The van der Waals surface area contributed by atoms with E-state index in [-0.39, 0.29) is 4.90 Å². The number of aromatic nitrogens is 2. The van der Waals surface area contributed by atoms with Crippen LogP contribution < -0.4 is 5.32 Å². The molecule has 0 unspecified atom stereocenters. The van der Waals surface area contributed by atoms with Gasteiger partial charge in [0.15, 0.2) is 9.84 Å². The van der Waals surface area contributed by atoms with Gasteiger partial charge in [-0.15, -0.1) is 0 Å². The molecule has 6 heteroatoms. The highest BCUT2D eigenvalue weighted by Gasteiger charge is 2.07. The van der Waals surface area contributed by atoms with Crippen molar-refractivity contribution in [2.24, 2.45) is 0 Å². The molecule has 0 saturated carbocycles. The van der Waals surface area contributed by atoms with Crippen LogP contribution in [0.4, 0.5) is 11.5 Å². The smallest absolute Gasteiger partial charge is 0.175 e. The van der Waals surface area contributed by atoms with Gasteiger partial charge in [-0.1, -0.05) is 6.07 Å². The van der Waals surface area contributed by atoms with Crippen LogP contribution in [0, 0.1) is 13.8 Å². The summed E-state index contributed by atoms with van der Waals surface area (Å²) in [6.07, 6.45) is 1.19. The monoisotopic (exact) mass is 277 g/mol. The van der Waals surface area contributed by atoms with E-state index in [9.17, 15) is 8.42 Å². The molecule has 2 rings (SSSR count). The van der Waals surface area contributed by atoms with Gasteiger partial charge in [-0.3, -0.25) is 0 Å². The fraction of sp³-hybridized carbons (Fsp3) is 0.231. The number of hydrogen-bond donors (Lipinski definition) is 1. The minimum atomic E-state index is -3.21. The third-order valence-corrected chi connectivity index (χ3v) is 3.61. The molecule has 100 valence electrons. The Hall–Kier alpha value is -1.95. The molecule has 0 fully saturated rings. The second-order valence-electron chi connectivity index (χ2n) is 4.37. The summed E-state index contributed by atoms with van der Waals surface area (Å²) in [4.78, 5) is 8.71. The molecule has 5 nitrogen and oxygen atoms in total. The average molecular weight is 277 g/mol. The van der Waals surface area contributed by atoms with E-state index in [1.807, 2.05) is 13.8 Å². The number of nitrogens with one attached hydrogen (secondary N) is 1. The first-order chi connectivity index (χ1) is 8.84. The Morgan fingerprint density at radius 3 is 2.47 bits per heavy atom. The molecule has 1 heterocycles. The van der Waals surface area contributed by atoms with Crippen molar-refractivity contribution in [1.29, 1.82) is 0 Å². The maximum atomic E-state index is 11.5. The number of rotatable bonds is 3. The van der Waals surface area contributed by atoms with Crippen LogP contribution in [0.2, 0.25) is 0 Å². The van der Waals surface area contributed by atoms with Crippen LogP contribution in [-0.2, 0) is 9.84 Å². The summed E-state index contributed by atoms with van der Waals surface area (Å²) in [7, 11) is -3.21. The van der Waals surface area contributed by atoms with E-state index in [1.54, 1.807) is 30.3 Å². The molecule has 0 aliphatic rings. The van der Waals surface area contributed by atoms with Gasteiger partial charge in [0.2, 0.25) is 0 Å². The summed E-state index contributed by atoms with van der Waals surface area (Å²) in [5.41, 5.74) is 1.54. The third-order valence-electron chi connectivity index (χ3n) is 2.50. The predicted octanol–water partition coefficient (Wildman–Crippen LogP) is 2.24. The van der Waals surface area contributed by atoms with Gasteiger partial charge in [0.05, 0.1) is 4.90 Å². The summed E-state index contributed by atoms with van der Waals surface area (Å²) >= 11 is 0. The lowest BCUT2D eigenvalue weighted by Crippen LogP contribution is -2.01. The molecule has 0 aliphatic heterocycles. The Kier molecular flexibility index (Phi) is 3.53. The van der Waals surface area contributed by atoms with E-state index in [2.05, 4.69) is 15.3 Å². The fourth-order valence-electron chi connectivity index (χ4n) is 1.73. The van der Waals surface area contributed by atoms with E-state index < -0.39 is 9.84 Å². The van der Waals surface area contributed by atoms with Crippen LogP contribution in [0.1, 0.15) is 11.5 Å². The van der Waals surface area contributed by atoms with E-state index in [1.165, 1.54) is 6.26 Å². The van der Waals surface area contributed by atoms with Crippen molar-refractivity contribution in [3.05, 3.63) is 41.9 Å². The van der Waals surface area contributed by atoms with Crippen molar-refractivity contribution < 1.29 is 8.42 Å². The summed E-state index contributed by atoms with van der Waals surface area (Å²) in [5, 5.41) is 3.08. The minimum Gasteiger partial charge on any atom is -0.340 e. The molecule has 0 radical (unpaired) electrons. The van der Waals surface area contributed by atoms with Crippen molar-refractivity contribution >= 4 is 21.3 Å². The Bertz CT molecular complexity index is 691. The summed E-state index contributed by atoms with van der Waals surface area (Å²) in [5.74, 6) is 1.32. The van der Waals surface area contributed by atoms with Gasteiger partial charge in [-0.2, -0.15) is 0 Å². The third kappa shape index (κ3) is 3.51. The molecule has 1 aromatic heterocycles. The number of hydrogen-bond acceptors (Lipinski definition) is 5. The lowest BCUT2D eigenvalue weighted by Gasteiger charge is -2.08. The first-order valence-corrected chi connectivity index (χ1v) is 7.63. The second kappa shape index (κ2) is 4.97. The van der Waals surface area contributed by atoms with E-state index in [0.29, 0.717) is 17.3 Å². The molecule has 0 atom stereocenters. The SMILES string of the molecule is Cc1cc(Nc2cccc(S(C)(=O)=O)c2)nc(C)n1. The normalized spacial score (nSPS) is 11.3. The Labute approximate surface area is 112 Å². The Morgan fingerprint density at radius 2 is 1.84 bits per heavy atom. The van der Waals surface area contributed by atoms with Gasteiger partial charge in [-0.05, 0) is 32.0 Å². The zero-order valence-corrected chi connectivity index (χ0v) is 11.8. The molecule has 0 spiro atoms. The van der Waals surface area contributed by atoms with Crippen LogP contribution in [-0.4, -0.2) is 24.6 Å². The highest BCUT2D eigenvalue weighted by Crippen LogP contribution is 2.19. The fourth-order valence-corrected chi connectivity index (χ4v) is 2.40. The maximum absolute atomic E-state index is 11.5. The van der Waals surface area contributed by atoms with Crippen molar-refractivity contribution in [2.45, 2.75) is 18.7 Å². The molecular formula is C13H15N3O2S. The number of benzene rings is 1. The first-order valence-electron chi connectivity index (χ1n) is 5.74. The molecule has 0 amide bonds. The van der Waals surface area contributed by atoms with Gasteiger partial charge in [0.1, 0.15) is 11.6 Å². The molecule has 0 saturated heterocycles. The lowest BCUT2D eigenvalue weighted by molar-refractivity contribution is 0.602. The van der Waals surface area contributed by atoms with E-state index >= 15 is 0 Å². The van der Waals surface area contributed by atoms with Gasteiger partial charge in [0, 0.05) is 23.7 Å². The summed E-state index contributed by atoms with van der Waals surface area (Å²) in [6, 6.07) is 8.44. The van der Waals surface area contributed by atoms with Crippen LogP contribution >= 0.6 is 0 Å². The second-order valence-corrected chi connectivity index (χ2v) is 6.38. The van der Waals surface area contributed by atoms with Gasteiger partial charge >= 0.3 is 0 Å². The number of anilines is 2. The van der Waals surface area contributed by atoms with Crippen molar-refractivity contribution in [2.75, 3.05) is 11.6 Å². The number of aryl methyl sites for hydroxylation is 2. The van der Waals surface area contributed by atoms with Gasteiger partial charge < -0.3 is 5.32 Å². The minimum absolute atomic E-state index is 0.278. The van der Waals surface area contributed by atoms with Crippen LogP contribution in [0.25, 0.3) is 0 Å². The molecule has 0 aliphatic carbocycles. The summed E-state index contributed by atoms with van der Waals surface area (Å²) in [6.45, 7) is 3.69. The average Bonchev–Trinajstić information content (AvgIpc) is 2.26. The highest BCUT2D eigenvalue weighted by atomic mass is 32.2. The van der Waals surface area contributed by atoms with Gasteiger partial charge in [0.25, 0.3) is 0 Å². The molecule has 1 aromatic carbocycles. The highest BCUT2D eigenvalue weighted by molar-refractivity contribution is 7.90. The lowest BCUT2D eigenvalue weighted by atomic mass is 10.3. The zero-order chi connectivity index (χ0) is 14.0. The zero-order valence-electron chi connectivity index (χ0n) is 11.0. The maximum Gasteiger partial charge on any atom is 0.175 e. The molecule has 2 aromatic rings. The standard InChI is InChI=1S/C13H15N3O2S/c1-9-7-13(15-10(2)14-9)16-11-5-4-6-12(8-11)19(3,17)18/h4-8H,1-3H3,(H,14,15,16).